The Bertz CT molecular complexity index is 232. The first kappa shape index (κ1) is 11.9. The Balaban J connectivity index is 2.33. The number of ether oxygens (including phenoxy) is 1. The lowest BCUT2D eigenvalue weighted by Crippen LogP contribution is -2.35. The van der Waals surface area contributed by atoms with Crippen molar-refractivity contribution in [1.82, 2.24) is 5.01 Å². The van der Waals surface area contributed by atoms with E-state index in [1.54, 1.807) is 11.9 Å². The topological polar surface area (TPSA) is 80.3 Å². The number of carbonyl (C=O) groups excluding carboxylic acids is 1. The van der Waals surface area contributed by atoms with Gasteiger partial charge in [-0.1, -0.05) is 10.3 Å². The fraction of sp³-hybridized carbons (Fsp3) is 0.889. The summed E-state index contributed by atoms with van der Waals surface area (Å²) < 4.78 is 4.64. The summed E-state index contributed by atoms with van der Waals surface area (Å²) >= 11 is 0. The summed E-state index contributed by atoms with van der Waals surface area (Å²) in [7, 11) is 0. The molecule has 0 radical (unpaired) electrons. The first-order valence-electron chi connectivity index (χ1n) is 5.29. The third-order valence-electron chi connectivity index (χ3n) is 2.35. The van der Waals surface area contributed by atoms with Crippen molar-refractivity contribution in [3.63, 3.8) is 0 Å². The molecule has 1 aliphatic heterocycles. The number of rotatable bonds is 3. The van der Waals surface area contributed by atoms with E-state index in [2.05, 4.69) is 15.1 Å². The normalized spacial score (nSPS) is 22.0. The molecule has 0 bridgehead atoms. The van der Waals surface area contributed by atoms with Crippen molar-refractivity contribution >= 4 is 6.09 Å². The van der Waals surface area contributed by atoms with Crippen molar-refractivity contribution in [2.75, 3.05) is 26.2 Å². The molecule has 0 aromatic heterocycles. The summed E-state index contributed by atoms with van der Waals surface area (Å²) in [6.45, 7) is 4.33. The highest BCUT2D eigenvalue weighted by atomic mass is 16.5. The van der Waals surface area contributed by atoms with Gasteiger partial charge in [0.05, 0.1) is 6.61 Å². The molecule has 0 spiro atoms. The second kappa shape index (κ2) is 6.34. The van der Waals surface area contributed by atoms with Crippen molar-refractivity contribution in [2.45, 2.75) is 19.8 Å². The molecule has 1 rings (SSSR count). The number of piperidine rings is 1. The van der Waals surface area contributed by atoms with E-state index in [1.165, 1.54) is 0 Å². The molecule has 15 heavy (non-hydrogen) atoms. The molecule has 86 valence electrons. The van der Waals surface area contributed by atoms with E-state index in [1.807, 2.05) is 0 Å². The van der Waals surface area contributed by atoms with Crippen molar-refractivity contribution < 1.29 is 9.53 Å². The molecule has 1 aliphatic rings. The predicted molar refractivity (Wildman–Crippen MR) is 55.2 cm³/mol. The summed E-state index contributed by atoms with van der Waals surface area (Å²) in [6, 6.07) is 0. The van der Waals surface area contributed by atoms with Gasteiger partial charge in [0.15, 0.2) is 0 Å². The first-order chi connectivity index (χ1) is 7.26. The summed E-state index contributed by atoms with van der Waals surface area (Å²) in [4.78, 5) is 10.9. The van der Waals surface area contributed by atoms with Gasteiger partial charge in [-0.15, -0.1) is 0 Å². The van der Waals surface area contributed by atoms with E-state index in [0.717, 1.165) is 25.9 Å². The van der Waals surface area contributed by atoms with Gasteiger partial charge in [-0.3, -0.25) is 5.01 Å². The second-order valence-electron chi connectivity index (χ2n) is 3.54. The Hall–Kier alpha value is -1.17. The summed E-state index contributed by atoms with van der Waals surface area (Å²) in [5.41, 5.74) is 5.58. The highest BCUT2D eigenvalue weighted by molar-refractivity contribution is 5.67. The standard InChI is InChI=1S/C9H18N4O2/c1-2-15-9(14)11-12-13-5-3-4-8(6-10)7-13/h8H,2-7,10H2,1H3/b12-11+/t8-/m0/s1. The van der Waals surface area contributed by atoms with Gasteiger partial charge >= 0.3 is 6.09 Å². The number of nitrogens with zero attached hydrogens (tertiary/aromatic N) is 3. The van der Waals surface area contributed by atoms with Crippen LogP contribution in [0.5, 0.6) is 0 Å². The second-order valence-corrected chi connectivity index (χ2v) is 3.54. The van der Waals surface area contributed by atoms with E-state index in [4.69, 9.17) is 5.73 Å². The zero-order valence-electron chi connectivity index (χ0n) is 9.06. The predicted octanol–water partition coefficient (Wildman–Crippen LogP) is 1.18. The number of hydrogen-bond acceptors (Lipinski definition) is 4. The van der Waals surface area contributed by atoms with Crippen LogP contribution in [-0.4, -0.2) is 37.3 Å². The minimum absolute atomic E-state index is 0.323. The molecular weight excluding hydrogens is 196 g/mol. The Labute approximate surface area is 89.4 Å². The summed E-state index contributed by atoms with van der Waals surface area (Å²) in [6.07, 6.45) is 1.54. The van der Waals surface area contributed by atoms with Gasteiger partial charge in [-0.2, -0.15) is 0 Å². The lowest BCUT2D eigenvalue weighted by Gasteiger charge is -2.28. The van der Waals surface area contributed by atoms with Gasteiger partial charge in [0.25, 0.3) is 0 Å². The molecule has 1 heterocycles. The molecule has 1 saturated heterocycles. The van der Waals surface area contributed by atoms with Crippen LogP contribution in [0.25, 0.3) is 0 Å². The summed E-state index contributed by atoms with van der Waals surface area (Å²) in [5.74, 6) is 0.458. The molecule has 6 heteroatoms. The molecule has 6 nitrogen and oxygen atoms in total. The molecule has 0 aromatic carbocycles. The molecule has 0 unspecified atom stereocenters. The molecular formula is C9H18N4O2. The smallest absolute Gasteiger partial charge is 0.447 e. The maximum Gasteiger partial charge on any atom is 0.453 e. The summed E-state index contributed by atoms with van der Waals surface area (Å²) in [5, 5.41) is 9.06. The van der Waals surface area contributed by atoms with Gasteiger partial charge in [-0.25, -0.2) is 4.79 Å². The largest absolute Gasteiger partial charge is 0.453 e. The average Bonchev–Trinajstić information content (AvgIpc) is 2.27. The Morgan fingerprint density at radius 1 is 1.67 bits per heavy atom. The van der Waals surface area contributed by atoms with Crippen LogP contribution in [0, 0.1) is 5.92 Å². The molecule has 0 saturated carbocycles. The van der Waals surface area contributed by atoms with E-state index in [0.29, 0.717) is 19.1 Å². The lowest BCUT2D eigenvalue weighted by atomic mass is 10.00. The van der Waals surface area contributed by atoms with Gasteiger partial charge in [-0.05, 0) is 32.2 Å². The SMILES string of the molecule is CCOC(=O)/N=N/N1CCC[C@@H](CN)C1. The van der Waals surface area contributed by atoms with Crippen LogP contribution in [0.2, 0.25) is 0 Å². The maximum absolute atomic E-state index is 10.9. The van der Waals surface area contributed by atoms with E-state index < -0.39 is 6.09 Å². The Morgan fingerprint density at radius 2 is 2.47 bits per heavy atom. The van der Waals surface area contributed by atoms with Crippen LogP contribution in [0.4, 0.5) is 4.79 Å². The van der Waals surface area contributed by atoms with Gasteiger partial charge in [0.1, 0.15) is 0 Å². The van der Waals surface area contributed by atoms with Crippen LogP contribution >= 0.6 is 0 Å². The van der Waals surface area contributed by atoms with Crippen LogP contribution in [-0.2, 0) is 4.74 Å². The fourth-order valence-electron chi connectivity index (χ4n) is 1.57. The molecule has 2 N–H and O–H groups in total. The number of amides is 1. The molecule has 0 aromatic rings. The average molecular weight is 214 g/mol. The molecule has 1 amide bonds. The van der Waals surface area contributed by atoms with E-state index >= 15 is 0 Å². The first-order valence-corrected chi connectivity index (χ1v) is 5.29. The van der Waals surface area contributed by atoms with E-state index in [-0.39, 0.29) is 0 Å². The number of nitrogens with two attached hydrogens (primary N) is 1. The molecule has 1 fully saturated rings. The van der Waals surface area contributed by atoms with Gasteiger partial charge in [0, 0.05) is 13.1 Å². The molecule has 1 atom stereocenters. The molecule has 0 aliphatic carbocycles. The van der Waals surface area contributed by atoms with Crippen molar-refractivity contribution in [3.8, 4) is 0 Å². The third-order valence-corrected chi connectivity index (χ3v) is 2.35. The van der Waals surface area contributed by atoms with Gasteiger partial charge in [0.2, 0.25) is 0 Å². The van der Waals surface area contributed by atoms with Crippen LogP contribution in [0.1, 0.15) is 19.8 Å². The maximum atomic E-state index is 10.9. The number of carbonyl (C=O) groups is 1. The minimum Gasteiger partial charge on any atom is -0.447 e. The van der Waals surface area contributed by atoms with Crippen molar-refractivity contribution in [1.29, 1.82) is 0 Å². The van der Waals surface area contributed by atoms with E-state index in [9.17, 15) is 4.79 Å². The van der Waals surface area contributed by atoms with Crippen LogP contribution in [0.3, 0.4) is 0 Å². The highest BCUT2D eigenvalue weighted by Crippen LogP contribution is 2.15. The monoisotopic (exact) mass is 214 g/mol. The minimum atomic E-state index is -0.632. The third kappa shape index (κ3) is 4.24. The fourth-order valence-corrected chi connectivity index (χ4v) is 1.57. The van der Waals surface area contributed by atoms with Crippen LogP contribution < -0.4 is 5.73 Å². The van der Waals surface area contributed by atoms with Crippen molar-refractivity contribution in [2.24, 2.45) is 22.0 Å². The quantitative estimate of drug-likeness (QED) is 0.715. The zero-order chi connectivity index (χ0) is 11.1. The Morgan fingerprint density at radius 3 is 3.13 bits per heavy atom. The lowest BCUT2D eigenvalue weighted by molar-refractivity contribution is 0.145. The zero-order valence-corrected chi connectivity index (χ0v) is 9.06. The van der Waals surface area contributed by atoms with Gasteiger partial charge < -0.3 is 10.5 Å². The van der Waals surface area contributed by atoms with Crippen molar-refractivity contribution in [3.05, 3.63) is 0 Å². The number of hydrogen-bond donors (Lipinski definition) is 1. The highest BCUT2D eigenvalue weighted by Gasteiger charge is 2.17. The van der Waals surface area contributed by atoms with Crippen LogP contribution in [0.15, 0.2) is 10.3 Å². The Kier molecular flexibility index (Phi) is 5.03.